The number of methoxy groups -OCH3 is 2. The first-order chi connectivity index (χ1) is 13.9. The Morgan fingerprint density at radius 1 is 1.31 bits per heavy atom. The second kappa shape index (κ2) is 8.95. The molecule has 0 bridgehead atoms. The van der Waals surface area contributed by atoms with Crippen LogP contribution in [0.15, 0.2) is 24.5 Å². The van der Waals surface area contributed by atoms with Gasteiger partial charge in [0.25, 0.3) is 5.91 Å². The number of aromatic nitrogens is 2. The van der Waals surface area contributed by atoms with E-state index in [-0.39, 0.29) is 18.4 Å². The smallest absolute Gasteiger partial charge is 0.251 e. The highest BCUT2D eigenvalue weighted by Crippen LogP contribution is 2.32. The quantitative estimate of drug-likeness (QED) is 0.713. The number of nitrogens with one attached hydrogen (secondary N) is 2. The number of nitrogens with zero attached hydrogens (tertiary/aromatic N) is 2. The minimum Gasteiger partial charge on any atom is -0.493 e. The molecule has 1 aromatic heterocycles. The molecule has 1 aliphatic heterocycles. The van der Waals surface area contributed by atoms with Crippen LogP contribution in [-0.4, -0.2) is 54.8 Å². The average molecular weight is 402 g/mol. The lowest BCUT2D eigenvalue weighted by molar-refractivity contribution is -0.148. The second-order valence-electron chi connectivity index (χ2n) is 6.79. The van der Waals surface area contributed by atoms with Gasteiger partial charge in [-0.15, -0.1) is 0 Å². The summed E-state index contributed by atoms with van der Waals surface area (Å²) in [5.41, 5.74) is 2.71. The van der Waals surface area contributed by atoms with Crippen molar-refractivity contribution in [1.82, 2.24) is 20.2 Å². The maximum Gasteiger partial charge on any atom is 0.251 e. The van der Waals surface area contributed by atoms with Gasteiger partial charge in [-0.1, -0.05) is 6.07 Å². The summed E-state index contributed by atoms with van der Waals surface area (Å²) in [6.07, 6.45) is 0.900. The van der Waals surface area contributed by atoms with Gasteiger partial charge in [-0.2, -0.15) is 0 Å². The first kappa shape index (κ1) is 20.7. The third-order valence-corrected chi connectivity index (χ3v) is 5.04. The molecule has 0 radical (unpaired) electrons. The van der Waals surface area contributed by atoms with E-state index in [0.29, 0.717) is 30.2 Å². The number of ether oxygens (including phenoxy) is 3. The Balaban J connectivity index is 1.71. The Morgan fingerprint density at radius 2 is 2.07 bits per heavy atom. The van der Waals surface area contributed by atoms with Gasteiger partial charge in [0, 0.05) is 18.8 Å². The van der Waals surface area contributed by atoms with E-state index in [1.54, 1.807) is 31.6 Å². The van der Waals surface area contributed by atoms with Gasteiger partial charge in [0.1, 0.15) is 6.61 Å². The number of benzene rings is 1. The minimum absolute atomic E-state index is 0.165. The number of hydrogen-bond acceptors (Lipinski definition) is 6. The highest BCUT2D eigenvalue weighted by atomic mass is 16.5. The topological polar surface area (TPSA) is 104 Å². The molecule has 3 rings (SSSR count). The molecular formula is C20H26N4O5. The minimum atomic E-state index is -0.851. The predicted molar refractivity (Wildman–Crippen MR) is 105 cm³/mol. The van der Waals surface area contributed by atoms with E-state index in [4.69, 9.17) is 14.2 Å². The molecule has 29 heavy (non-hydrogen) atoms. The second-order valence-corrected chi connectivity index (χ2v) is 6.79. The Hall–Kier alpha value is -3.07. The van der Waals surface area contributed by atoms with Crippen molar-refractivity contribution >= 4 is 11.8 Å². The van der Waals surface area contributed by atoms with Gasteiger partial charge < -0.3 is 29.4 Å². The highest BCUT2D eigenvalue weighted by molar-refractivity contribution is 5.86. The normalized spacial score (nSPS) is 18.8. The number of carbonyl (C=O) groups is 2. The first-order valence-corrected chi connectivity index (χ1v) is 9.33. The number of aryl methyl sites for hydroxylation is 1. The van der Waals surface area contributed by atoms with Crippen LogP contribution in [0.5, 0.6) is 11.5 Å². The molecule has 9 heteroatoms. The molecule has 2 aromatic rings. The van der Waals surface area contributed by atoms with Crippen molar-refractivity contribution in [2.24, 2.45) is 0 Å². The van der Waals surface area contributed by atoms with E-state index in [1.165, 1.54) is 7.11 Å². The molecule has 2 amide bonds. The fraction of sp³-hybridized carbons (Fsp3) is 0.450. The molecule has 0 saturated carbocycles. The largest absolute Gasteiger partial charge is 0.493 e. The molecule has 1 aromatic carbocycles. The number of morpholine rings is 1. The third kappa shape index (κ3) is 4.51. The Morgan fingerprint density at radius 3 is 2.72 bits per heavy atom. The molecule has 2 N–H and O–H groups in total. The lowest BCUT2D eigenvalue weighted by Gasteiger charge is -2.32. The summed E-state index contributed by atoms with van der Waals surface area (Å²) in [5.74, 6) is 0.499. The average Bonchev–Trinajstić information content (AvgIpc) is 3.05. The molecule has 156 valence electrons. The summed E-state index contributed by atoms with van der Waals surface area (Å²) in [7, 11) is 3.07. The standard InChI is InChI=1S/C20H26N4O5/c1-12-13(2)24(11-22-12)8-7-21-20(26)19-18(23-17(25)10-29-19)14-5-6-15(27-3)16(9-14)28-4/h5-6,9,11,18-19H,7-8,10H2,1-4H3,(H,21,26)(H,23,25)/t18-,19+/m1/s1. The fourth-order valence-electron chi connectivity index (χ4n) is 3.25. The van der Waals surface area contributed by atoms with Crippen molar-refractivity contribution in [2.45, 2.75) is 32.5 Å². The molecule has 1 fully saturated rings. The lowest BCUT2D eigenvalue weighted by atomic mass is 9.98. The van der Waals surface area contributed by atoms with Crippen molar-refractivity contribution in [1.29, 1.82) is 0 Å². The zero-order valence-electron chi connectivity index (χ0n) is 17.0. The van der Waals surface area contributed by atoms with Gasteiger partial charge in [-0.3, -0.25) is 9.59 Å². The van der Waals surface area contributed by atoms with E-state index in [0.717, 1.165) is 11.4 Å². The number of rotatable bonds is 7. The maximum atomic E-state index is 12.8. The molecule has 0 spiro atoms. The zero-order chi connectivity index (χ0) is 21.0. The van der Waals surface area contributed by atoms with Crippen LogP contribution < -0.4 is 20.1 Å². The SMILES string of the molecule is COc1ccc([C@H]2NC(=O)CO[C@@H]2C(=O)NCCn2cnc(C)c2C)cc1OC. The van der Waals surface area contributed by atoms with E-state index >= 15 is 0 Å². The fourth-order valence-corrected chi connectivity index (χ4v) is 3.25. The van der Waals surface area contributed by atoms with Crippen LogP contribution in [-0.2, 0) is 20.9 Å². The van der Waals surface area contributed by atoms with Crippen molar-refractivity contribution in [2.75, 3.05) is 27.4 Å². The molecule has 2 atom stereocenters. The molecule has 0 aliphatic carbocycles. The summed E-state index contributed by atoms with van der Waals surface area (Å²) in [5, 5.41) is 5.72. The van der Waals surface area contributed by atoms with Gasteiger partial charge in [0.05, 0.1) is 32.3 Å². The Bertz CT molecular complexity index is 895. The van der Waals surface area contributed by atoms with Crippen molar-refractivity contribution in [3.05, 3.63) is 41.5 Å². The van der Waals surface area contributed by atoms with Crippen molar-refractivity contribution < 1.29 is 23.8 Å². The van der Waals surface area contributed by atoms with E-state index in [2.05, 4.69) is 15.6 Å². The maximum absolute atomic E-state index is 12.8. The molecule has 9 nitrogen and oxygen atoms in total. The van der Waals surface area contributed by atoms with Gasteiger partial charge in [-0.25, -0.2) is 4.98 Å². The summed E-state index contributed by atoms with van der Waals surface area (Å²) in [4.78, 5) is 28.9. The van der Waals surface area contributed by atoms with Crippen LogP contribution in [0.1, 0.15) is 23.0 Å². The molecular weight excluding hydrogens is 376 g/mol. The molecule has 1 aliphatic rings. The van der Waals surface area contributed by atoms with Crippen LogP contribution in [0, 0.1) is 13.8 Å². The summed E-state index contributed by atoms with van der Waals surface area (Å²) in [6.45, 7) is 4.77. The molecule has 0 unspecified atom stereocenters. The van der Waals surface area contributed by atoms with Gasteiger partial charge in [-0.05, 0) is 31.5 Å². The van der Waals surface area contributed by atoms with Crippen LogP contribution in [0.3, 0.4) is 0 Å². The molecule has 2 heterocycles. The van der Waals surface area contributed by atoms with E-state index < -0.39 is 12.1 Å². The van der Waals surface area contributed by atoms with Crippen molar-refractivity contribution in [3.63, 3.8) is 0 Å². The predicted octanol–water partition coefficient (Wildman–Crippen LogP) is 0.890. The van der Waals surface area contributed by atoms with Gasteiger partial charge in [0.15, 0.2) is 17.6 Å². The third-order valence-electron chi connectivity index (χ3n) is 5.04. The number of carbonyl (C=O) groups excluding carboxylic acids is 2. The number of hydrogen-bond donors (Lipinski definition) is 2. The van der Waals surface area contributed by atoms with Gasteiger partial charge in [0.2, 0.25) is 5.91 Å². The van der Waals surface area contributed by atoms with Gasteiger partial charge >= 0.3 is 0 Å². The van der Waals surface area contributed by atoms with Crippen LogP contribution in [0.2, 0.25) is 0 Å². The van der Waals surface area contributed by atoms with E-state index in [9.17, 15) is 9.59 Å². The zero-order valence-corrected chi connectivity index (χ0v) is 17.0. The number of imidazole rings is 1. The van der Waals surface area contributed by atoms with Crippen LogP contribution >= 0.6 is 0 Å². The lowest BCUT2D eigenvalue weighted by Crippen LogP contribution is -2.52. The highest BCUT2D eigenvalue weighted by Gasteiger charge is 2.36. The summed E-state index contributed by atoms with van der Waals surface area (Å²) in [6, 6.07) is 4.61. The Kier molecular flexibility index (Phi) is 6.38. The summed E-state index contributed by atoms with van der Waals surface area (Å²) < 4.78 is 18.1. The summed E-state index contributed by atoms with van der Waals surface area (Å²) >= 11 is 0. The van der Waals surface area contributed by atoms with Crippen molar-refractivity contribution in [3.8, 4) is 11.5 Å². The number of amides is 2. The molecule has 1 saturated heterocycles. The van der Waals surface area contributed by atoms with Crippen LogP contribution in [0.4, 0.5) is 0 Å². The monoisotopic (exact) mass is 402 g/mol. The van der Waals surface area contributed by atoms with Crippen LogP contribution in [0.25, 0.3) is 0 Å². The van der Waals surface area contributed by atoms with E-state index in [1.807, 2.05) is 18.4 Å². The first-order valence-electron chi connectivity index (χ1n) is 9.33. The Labute approximate surface area is 169 Å².